The van der Waals surface area contributed by atoms with Gasteiger partial charge in [0.05, 0.1) is 12.8 Å². The van der Waals surface area contributed by atoms with E-state index in [2.05, 4.69) is 5.32 Å². The molecule has 1 atom stereocenters. The summed E-state index contributed by atoms with van der Waals surface area (Å²) in [7, 11) is 1.61. The van der Waals surface area contributed by atoms with Crippen LogP contribution in [0.4, 0.5) is 5.69 Å². The molecule has 1 aliphatic rings. The van der Waals surface area contributed by atoms with Crippen molar-refractivity contribution in [2.24, 2.45) is 11.7 Å². The van der Waals surface area contributed by atoms with Crippen LogP contribution < -0.4 is 15.8 Å². The fourth-order valence-electron chi connectivity index (χ4n) is 2.24. The number of carbonyl (C=O) groups excluding carboxylic acids is 1. The molecule has 0 aromatic heterocycles. The molecule has 0 radical (unpaired) electrons. The number of rotatable bonds is 4. The van der Waals surface area contributed by atoms with E-state index in [1.807, 2.05) is 18.2 Å². The highest BCUT2D eigenvalue weighted by molar-refractivity contribution is 5.97. The maximum atomic E-state index is 11.9. The first-order chi connectivity index (χ1) is 8.26. The predicted octanol–water partition coefficient (Wildman–Crippen LogP) is 1.54. The van der Waals surface area contributed by atoms with Crippen LogP contribution in [0, 0.1) is 5.92 Å². The average molecular weight is 234 g/mol. The first kappa shape index (κ1) is 11.9. The number of carbonyl (C=O) groups is 1. The van der Waals surface area contributed by atoms with Gasteiger partial charge in [-0.3, -0.25) is 4.79 Å². The number of fused-ring (bicyclic) bond motifs is 1. The van der Waals surface area contributed by atoms with Crippen LogP contribution in [0.5, 0.6) is 5.75 Å². The molecule has 3 N–H and O–H groups in total. The Morgan fingerprint density at radius 3 is 3.06 bits per heavy atom. The van der Waals surface area contributed by atoms with E-state index in [0.29, 0.717) is 6.54 Å². The Morgan fingerprint density at radius 2 is 2.35 bits per heavy atom. The molecule has 0 saturated carbocycles. The van der Waals surface area contributed by atoms with Crippen LogP contribution in [0.25, 0.3) is 0 Å². The van der Waals surface area contributed by atoms with Crippen molar-refractivity contribution in [1.82, 2.24) is 0 Å². The third-order valence-electron chi connectivity index (χ3n) is 3.17. The Balaban J connectivity index is 2.21. The Labute approximate surface area is 101 Å². The van der Waals surface area contributed by atoms with E-state index in [4.69, 9.17) is 10.5 Å². The lowest BCUT2D eigenvalue weighted by atomic mass is 9.89. The van der Waals surface area contributed by atoms with Crippen molar-refractivity contribution in [3.63, 3.8) is 0 Å². The highest BCUT2D eigenvalue weighted by atomic mass is 16.5. The zero-order valence-electron chi connectivity index (χ0n) is 10.0. The summed E-state index contributed by atoms with van der Waals surface area (Å²) < 4.78 is 5.24. The van der Waals surface area contributed by atoms with Crippen LogP contribution in [-0.4, -0.2) is 19.6 Å². The average Bonchev–Trinajstić information content (AvgIpc) is 2.35. The van der Waals surface area contributed by atoms with Crippen LogP contribution in [-0.2, 0) is 11.2 Å². The van der Waals surface area contributed by atoms with E-state index < -0.39 is 0 Å². The molecule has 4 heteroatoms. The molecule has 2 rings (SSSR count). The van der Waals surface area contributed by atoms with Gasteiger partial charge in [0.15, 0.2) is 0 Å². The predicted molar refractivity (Wildman–Crippen MR) is 67.1 cm³/mol. The van der Waals surface area contributed by atoms with Crippen LogP contribution in [0.2, 0.25) is 0 Å². The van der Waals surface area contributed by atoms with Gasteiger partial charge in [-0.15, -0.1) is 0 Å². The van der Waals surface area contributed by atoms with Gasteiger partial charge >= 0.3 is 0 Å². The number of nitrogens with one attached hydrogen (secondary N) is 1. The molecule has 0 aliphatic carbocycles. The van der Waals surface area contributed by atoms with Gasteiger partial charge in [-0.1, -0.05) is 12.1 Å². The second-order valence-corrected chi connectivity index (χ2v) is 4.32. The number of ether oxygens (including phenoxy) is 1. The number of hydrogen-bond acceptors (Lipinski definition) is 3. The number of anilines is 1. The third-order valence-corrected chi connectivity index (χ3v) is 3.17. The monoisotopic (exact) mass is 234 g/mol. The summed E-state index contributed by atoms with van der Waals surface area (Å²) in [6.07, 6.45) is 2.51. The smallest absolute Gasteiger partial charge is 0.227 e. The van der Waals surface area contributed by atoms with Crippen molar-refractivity contribution < 1.29 is 9.53 Å². The van der Waals surface area contributed by atoms with Gasteiger partial charge in [0.1, 0.15) is 5.75 Å². The normalized spacial score (nSPS) is 18.5. The molecule has 1 heterocycles. The first-order valence-corrected chi connectivity index (χ1v) is 5.93. The molecular weight excluding hydrogens is 216 g/mol. The van der Waals surface area contributed by atoms with Gasteiger partial charge in [0.25, 0.3) is 0 Å². The molecule has 92 valence electrons. The molecule has 1 aromatic rings. The minimum Gasteiger partial charge on any atom is -0.495 e. The lowest BCUT2D eigenvalue weighted by Gasteiger charge is -2.25. The Hall–Kier alpha value is -1.55. The molecule has 0 bridgehead atoms. The summed E-state index contributed by atoms with van der Waals surface area (Å²) in [5.41, 5.74) is 7.45. The standard InChI is InChI=1S/C13H18N2O2/c1-17-11-6-2-4-9-8-10(5-3-7-14)13(16)15-12(9)11/h2,4,6,10H,3,5,7-8,14H2,1H3,(H,15,16). The van der Waals surface area contributed by atoms with Gasteiger partial charge in [-0.05, 0) is 37.4 Å². The first-order valence-electron chi connectivity index (χ1n) is 5.93. The van der Waals surface area contributed by atoms with Crippen LogP contribution in [0.15, 0.2) is 18.2 Å². The second-order valence-electron chi connectivity index (χ2n) is 4.32. The number of methoxy groups -OCH3 is 1. The van der Waals surface area contributed by atoms with Gasteiger partial charge in [0.2, 0.25) is 5.91 Å². The van der Waals surface area contributed by atoms with Gasteiger partial charge in [-0.2, -0.15) is 0 Å². The van der Waals surface area contributed by atoms with Crippen molar-refractivity contribution >= 4 is 11.6 Å². The number of nitrogens with two attached hydrogens (primary N) is 1. The molecule has 1 aromatic carbocycles. The number of amides is 1. The second kappa shape index (κ2) is 5.19. The third kappa shape index (κ3) is 2.42. The largest absolute Gasteiger partial charge is 0.495 e. The highest BCUT2D eigenvalue weighted by Gasteiger charge is 2.27. The Bertz CT molecular complexity index is 418. The Kier molecular flexibility index (Phi) is 3.64. The zero-order valence-corrected chi connectivity index (χ0v) is 10.0. The number of benzene rings is 1. The van der Waals surface area contributed by atoms with Crippen molar-refractivity contribution in [1.29, 1.82) is 0 Å². The highest BCUT2D eigenvalue weighted by Crippen LogP contribution is 2.34. The fraction of sp³-hybridized carbons (Fsp3) is 0.462. The molecule has 1 unspecified atom stereocenters. The summed E-state index contributed by atoms with van der Waals surface area (Å²) in [6, 6.07) is 5.85. The summed E-state index contributed by atoms with van der Waals surface area (Å²) in [5, 5.41) is 2.93. The van der Waals surface area contributed by atoms with Gasteiger partial charge in [-0.25, -0.2) is 0 Å². The molecule has 0 fully saturated rings. The molecule has 1 amide bonds. The summed E-state index contributed by atoms with van der Waals surface area (Å²) >= 11 is 0. The van der Waals surface area contributed by atoms with E-state index in [-0.39, 0.29) is 11.8 Å². The van der Waals surface area contributed by atoms with E-state index >= 15 is 0 Å². The zero-order chi connectivity index (χ0) is 12.3. The van der Waals surface area contributed by atoms with Crippen molar-refractivity contribution in [2.75, 3.05) is 19.0 Å². The van der Waals surface area contributed by atoms with Crippen LogP contribution >= 0.6 is 0 Å². The van der Waals surface area contributed by atoms with E-state index in [1.54, 1.807) is 7.11 Å². The summed E-state index contributed by atoms with van der Waals surface area (Å²) in [6.45, 7) is 0.634. The SMILES string of the molecule is COc1cccc2c1NC(=O)C(CCCN)C2. The number of hydrogen-bond donors (Lipinski definition) is 2. The molecule has 0 saturated heterocycles. The van der Waals surface area contributed by atoms with Crippen LogP contribution in [0.1, 0.15) is 18.4 Å². The molecule has 17 heavy (non-hydrogen) atoms. The minimum atomic E-state index is 0.0400. The van der Waals surface area contributed by atoms with Gasteiger partial charge in [0, 0.05) is 5.92 Å². The van der Waals surface area contributed by atoms with Crippen molar-refractivity contribution in [2.45, 2.75) is 19.3 Å². The van der Waals surface area contributed by atoms with E-state index in [9.17, 15) is 4.79 Å². The maximum absolute atomic E-state index is 11.9. The molecular formula is C13H18N2O2. The summed E-state index contributed by atoms with van der Waals surface area (Å²) in [5.74, 6) is 0.849. The molecule has 0 spiro atoms. The van der Waals surface area contributed by atoms with Gasteiger partial charge < -0.3 is 15.8 Å². The topological polar surface area (TPSA) is 64.3 Å². The summed E-state index contributed by atoms with van der Waals surface area (Å²) in [4.78, 5) is 11.9. The minimum absolute atomic E-state index is 0.0400. The lowest BCUT2D eigenvalue weighted by Crippen LogP contribution is -2.30. The van der Waals surface area contributed by atoms with E-state index in [0.717, 1.165) is 36.3 Å². The Morgan fingerprint density at radius 1 is 1.53 bits per heavy atom. The molecule has 4 nitrogen and oxygen atoms in total. The maximum Gasteiger partial charge on any atom is 0.227 e. The van der Waals surface area contributed by atoms with Crippen LogP contribution in [0.3, 0.4) is 0 Å². The quantitative estimate of drug-likeness (QED) is 0.830. The van der Waals surface area contributed by atoms with Crippen molar-refractivity contribution in [3.8, 4) is 5.75 Å². The van der Waals surface area contributed by atoms with E-state index in [1.165, 1.54) is 0 Å². The lowest BCUT2D eigenvalue weighted by molar-refractivity contribution is -0.120. The number of para-hydroxylation sites is 1. The van der Waals surface area contributed by atoms with Crippen molar-refractivity contribution in [3.05, 3.63) is 23.8 Å². The molecule has 1 aliphatic heterocycles. The fourth-order valence-corrected chi connectivity index (χ4v) is 2.24.